The van der Waals surface area contributed by atoms with Gasteiger partial charge < -0.3 is 13.9 Å². The molecule has 8 atom stereocenters. The van der Waals surface area contributed by atoms with Crippen LogP contribution in [0.5, 0.6) is 0 Å². The fraction of sp³-hybridized carbons (Fsp3) is 0.800. The molecule has 36 heavy (non-hydrogen) atoms. The third-order valence-electron chi connectivity index (χ3n) is 10.4. The van der Waals surface area contributed by atoms with Crippen LogP contribution in [0.15, 0.2) is 35.2 Å². The topological polar surface area (TPSA) is 44.8 Å². The van der Waals surface area contributed by atoms with Crippen molar-refractivity contribution in [3.63, 3.8) is 0 Å². The molecule has 202 valence electrons. The lowest BCUT2D eigenvalue weighted by molar-refractivity contribution is -0.212. The third-order valence-corrected chi connectivity index (χ3v) is 16.7. The van der Waals surface area contributed by atoms with Gasteiger partial charge in [0.15, 0.2) is 14.1 Å². The Morgan fingerprint density at radius 2 is 1.75 bits per heavy atom. The van der Waals surface area contributed by atoms with Crippen LogP contribution in [0.1, 0.15) is 86.5 Å². The molecule has 1 saturated heterocycles. The van der Waals surface area contributed by atoms with E-state index in [1.165, 1.54) is 19.3 Å². The lowest BCUT2D eigenvalue weighted by Crippen LogP contribution is -2.64. The minimum Gasteiger partial charge on any atom is -0.413 e. The van der Waals surface area contributed by atoms with E-state index in [0.29, 0.717) is 11.8 Å². The zero-order valence-corrected chi connectivity index (χ0v) is 25.6. The van der Waals surface area contributed by atoms with E-state index in [2.05, 4.69) is 54.6 Å². The van der Waals surface area contributed by atoms with Crippen molar-refractivity contribution in [2.75, 3.05) is 0 Å². The minimum atomic E-state index is -2.06. The van der Waals surface area contributed by atoms with Gasteiger partial charge in [-0.25, -0.2) is 0 Å². The average Bonchev–Trinajstić information content (AvgIpc) is 3.08. The first-order chi connectivity index (χ1) is 16.7. The van der Waals surface area contributed by atoms with Crippen LogP contribution in [0, 0.1) is 17.3 Å². The van der Waals surface area contributed by atoms with Crippen LogP contribution < -0.4 is 0 Å². The van der Waals surface area contributed by atoms with Crippen molar-refractivity contribution in [3.8, 4) is 0 Å². The summed E-state index contributed by atoms with van der Waals surface area (Å²) in [4.78, 5) is 0.912. The molecule has 5 rings (SSSR count). The van der Waals surface area contributed by atoms with Gasteiger partial charge in [-0.2, -0.15) is 0 Å². The van der Waals surface area contributed by atoms with Gasteiger partial charge in [0, 0.05) is 10.3 Å². The van der Waals surface area contributed by atoms with Crippen LogP contribution in [-0.4, -0.2) is 41.4 Å². The monoisotopic (exact) mass is 532 g/mol. The summed E-state index contributed by atoms with van der Waals surface area (Å²) in [5, 5.41) is 0.0271. The van der Waals surface area contributed by atoms with Crippen LogP contribution in [0.3, 0.4) is 0 Å². The Bertz CT molecular complexity index is 988. The molecule has 2 bridgehead atoms. The zero-order chi connectivity index (χ0) is 26.1. The number of hydrogen-bond donors (Lipinski definition) is 0. The number of rotatable bonds is 4. The maximum absolute atomic E-state index is 14.5. The first kappa shape index (κ1) is 27.0. The van der Waals surface area contributed by atoms with Crippen LogP contribution in [0.25, 0.3) is 0 Å². The highest BCUT2D eigenvalue weighted by Gasteiger charge is 2.77. The Balaban J connectivity index is 1.71. The van der Waals surface area contributed by atoms with Gasteiger partial charge in [-0.05, 0) is 88.1 Å². The number of fused-ring (bicyclic) bond motifs is 1. The van der Waals surface area contributed by atoms with Gasteiger partial charge in [0.1, 0.15) is 5.60 Å². The third kappa shape index (κ3) is 4.04. The lowest BCUT2D eigenvalue weighted by Gasteiger charge is -2.54. The Morgan fingerprint density at radius 3 is 2.42 bits per heavy atom. The summed E-state index contributed by atoms with van der Waals surface area (Å²) in [5.41, 5.74) is -0.796. The molecule has 3 saturated carbocycles. The molecule has 0 amide bonds. The van der Waals surface area contributed by atoms with Gasteiger partial charge in [-0.1, -0.05) is 58.7 Å². The Labute approximate surface area is 222 Å². The molecule has 1 aliphatic heterocycles. The van der Waals surface area contributed by atoms with Crippen LogP contribution >= 0.6 is 0 Å². The van der Waals surface area contributed by atoms with Crippen molar-refractivity contribution < 1.29 is 18.1 Å². The van der Waals surface area contributed by atoms with E-state index in [0.717, 1.165) is 30.6 Å². The Morgan fingerprint density at radius 1 is 1.06 bits per heavy atom. The summed E-state index contributed by atoms with van der Waals surface area (Å²) in [6.45, 7) is 18.3. The van der Waals surface area contributed by atoms with Gasteiger partial charge in [-0.15, -0.1) is 0 Å². The second-order valence-electron chi connectivity index (χ2n) is 14.2. The number of benzene rings is 1. The molecular formula is C30H48O4SSi. The number of hydrogen-bond acceptors (Lipinski definition) is 4. The summed E-state index contributed by atoms with van der Waals surface area (Å²) in [5.74, 6) is 0.123. The predicted octanol–water partition coefficient (Wildman–Crippen LogP) is 7.45. The van der Waals surface area contributed by atoms with Gasteiger partial charge in [0.25, 0.3) is 0 Å². The fourth-order valence-electron chi connectivity index (χ4n) is 8.01. The normalized spacial score (nSPS) is 41.2. The van der Waals surface area contributed by atoms with Crippen molar-refractivity contribution in [1.82, 2.24) is 0 Å². The molecule has 0 radical (unpaired) electrons. The Kier molecular flexibility index (Phi) is 6.77. The smallest absolute Gasteiger partial charge is 0.192 e. The van der Waals surface area contributed by atoms with Crippen molar-refractivity contribution >= 4 is 19.1 Å². The summed E-state index contributed by atoms with van der Waals surface area (Å²) < 4.78 is 36.1. The van der Waals surface area contributed by atoms with Gasteiger partial charge in [0.2, 0.25) is 0 Å². The van der Waals surface area contributed by atoms with Gasteiger partial charge in [0.05, 0.1) is 28.3 Å². The van der Waals surface area contributed by atoms with Gasteiger partial charge >= 0.3 is 0 Å². The summed E-state index contributed by atoms with van der Waals surface area (Å²) in [6.07, 6.45) is 7.75. The number of ether oxygens (including phenoxy) is 2. The van der Waals surface area contributed by atoms with Crippen molar-refractivity contribution in [2.45, 2.75) is 138 Å². The van der Waals surface area contributed by atoms with E-state index in [1.54, 1.807) is 0 Å². The van der Waals surface area contributed by atoms with Gasteiger partial charge in [-0.3, -0.25) is 4.21 Å². The van der Waals surface area contributed by atoms with E-state index in [4.69, 9.17) is 13.9 Å². The second kappa shape index (κ2) is 9.01. The lowest BCUT2D eigenvalue weighted by atomic mass is 9.65. The Hall–Kier alpha value is -0.533. The SMILES string of the molecule is C[C@@H]1C[C@@]23CCCC[C@@H](CC[C@H]([S@](=O)c4ccccc4)[C@@]24OC(C)(C)O[C@@H]14)[C@H]3O[Si](C)(C)C(C)(C)C. The molecule has 2 spiro atoms. The maximum atomic E-state index is 14.5. The zero-order valence-electron chi connectivity index (χ0n) is 23.8. The first-order valence-electron chi connectivity index (χ1n) is 14.3. The molecule has 4 nitrogen and oxygen atoms in total. The highest BCUT2D eigenvalue weighted by molar-refractivity contribution is 7.85. The second-order valence-corrected chi connectivity index (χ2v) is 20.5. The van der Waals surface area contributed by atoms with E-state index >= 15 is 0 Å². The molecule has 3 aliphatic carbocycles. The van der Waals surface area contributed by atoms with Crippen molar-refractivity contribution in [3.05, 3.63) is 30.3 Å². The van der Waals surface area contributed by atoms with Crippen molar-refractivity contribution in [1.29, 1.82) is 0 Å². The molecule has 0 N–H and O–H groups in total. The summed E-state index contributed by atoms with van der Waals surface area (Å²) in [7, 11) is -3.24. The van der Waals surface area contributed by atoms with E-state index in [-0.39, 0.29) is 27.9 Å². The summed E-state index contributed by atoms with van der Waals surface area (Å²) >= 11 is 0. The highest BCUT2D eigenvalue weighted by Crippen LogP contribution is 2.69. The predicted molar refractivity (Wildman–Crippen MR) is 149 cm³/mol. The maximum Gasteiger partial charge on any atom is 0.192 e. The van der Waals surface area contributed by atoms with E-state index < -0.39 is 30.5 Å². The molecule has 1 aromatic rings. The van der Waals surface area contributed by atoms with Crippen LogP contribution in [0.2, 0.25) is 18.1 Å². The standard InChI is InChI=1S/C30H48O4SSi/c1-21-20-29-19-13-12-14-22(26(29)33-36(7,8)27(2,3)4)17-18-24(35(31)23-15-10-9-11-16-23)30(29)25(21)32-28(5,6)34-30/h9-11,15-16,21-22,24-26H,12-14,17-20H2,1-8H3/t21-,22+,24+,25+,26-,29-,30+,35-/m1/s1. The molecule has 1 aromatic carbocycles. The van der Waals surface area contributed by atoms with Crippen LogP contribution in [-0.2, 0) is 24.7 Å². The molecule has 4 fully saturated rings. The molecule has 1 heterocycles. The molecule has 4 aliphatic rings. The fourth-order valence-corrected chi connectivity index (χ4v) is 11.3. The van der Waals surface area contributed by atoms with E-state index in [9.17, 15) is 4.21 Å². The molecule has 6 heteroatoms. The van der Waals surface area contributed by atoms with E-state index in [1.807, 2.05) is 30.3 Å². The molecule has 0 unspecified atom stereocenters. The average molecular weight is 533 g/mol. The summed E-state index contributed by atoms with van der Waals surface area (Å²) in [6, 6.07) is 10.1. The quantitative estimate of drug-likeness (QED) is 0.378. The minimum absolute atomic E-state index is 0.0625. The molecule has 0 aromatic heterocycles. The van der Waals surface area contributed by atoms with Crippen LogP contribution in [0.4, 0.5) is 0 Å². The highest BCUT2D eigenvalue weighted by atomic mass is 32.2. The molecular weight excluding hydrogens is 484 g/mol. The largest absolute Gasteiger partial charge is 0.413 e. The first-order valence-corrected chi connectivity index (χ1v) is 18.4. The van der Waals surface area contributed by atoms with Crippen molar-refractivity contribution in [2.24, 2.45) is 17.3 Å².